The van der Waals surface area contributed by atoms with Crippen molar-refractivity contribution in [3.8, 4) is 5.75 Å². The van der Waals surface area contributed by atoms with Gasteiger partial charge < -0.3 is 10.1 Å². The van der Waals surface area contributed by atoms with Crippen molar-refractivity contribution in [3.05, 3.63) is 63.2 Å². The van der Waals surface area contributed by atoms with Gasteiger partial charge in [0.05, 0.1) is 11.5 Å². The minimum Gasteiger partial charge on any atom is -0.487 e. The second-order valence-electron chi connectivity index (χ2n) is 5.20. The van der Waals surface area contributed by atoms with Crippen LogP contribution in [0.3, 0.4) is 0 Å². The molecule has 0 aromatic heterocycles. The van der Waals surface area contributed by atoms with Crippen molar-refractivity contribution in [2.75, 3.05) is 11.9 Å². The summed E-state index contributed by atoms with van der Waals surface area (Å²) in [7, 11) is 0. The highest BCUT2D eigenvalue weighted by Crippen LogP contribution is 2.28. The van der Waals surface area contributed by atoms with Crippen LogP contribution in [0.1, 0.15) is 28.4 Å². The van der Waals surface area contributed by atoms with Crippen LogP contribution in [0.15, 0.2) is 36.4 Å². The molecule has 0 saturated carbocycles. The summed E-state index contributed by atoms with van der Waals surface area (Å²) >= 11 is 0. The summed E-state index contributed by atoms with van der Waals surface area (Å²) in [4.78, 5) is 22.9. The van der Waals surface area contributed by atoms with Crippen LogP contribution in [0, 0.1) is 24.0 Å². The average molecular weight is 314 g/mol. The van der Waals surface area contributed by atoms with Crippen molar-refractivity contribution >= 4 is 17.3 Å². The molecule has 6 nitrogen and oxygen atoms in total. The summed E-state index contributed by atoms with van der Waals surface area (Å²) in [6, 6.07) is 9.86. The number of carbonyl (C=O) groups is 1. The SMILES string of the molecule is CCOc1ccc(C(=O)Nc2cc(C)cc(C)c2)cc1[N+](=O)[O-]. The maximum atomic E-state index is 12.3. The Kier molecular flexibility index (Phi) is 4.95. The third kappa shape index (κ3) is 4.06. The topological polar surface area (TPSA) is 81.5 Å². The van der Waals surface area contributed by atoms with Crippen molar-refractivity contribution in [1.82, 2.24) is 0 Å². The number of nitrogens with zero attached hydrogens (tertiary/aromatic N) is 1. The molecule has 0 aliphatic rings. The van der Waals surface area contributed by atoms with E-state index in [1.807, 2.05) is 32.0 Å². The van der Waals surface area contributed by atoms with Crippen LogP contribution in [-0.4, -0.2) is 17.4 Å². The Hall–Kier alpha value is -2.89. The molecule has 0 heterocycles. The van der Waals surface area contributed by atoms with E-state index in [-0.39, 0.29) is 17.0 Å². The molecule has 6 heteroatoms. The van der Waals surface area contributed by atoms with E-state index in [2.05, 4.69) is 5.32 Å². The lowest BCUT2D eigenvalue weighted by Crippen LogP contribution is -2.12. The van der Waals surface area contributed by atoms with Gasteiger partial charge in [-0.15, -0.1) is 0 Å². The number of benzene rings is 2. The summed E-state index contributed by atoms with van der Waals surface area (Å²) in [6.07, 6.45) is 0. The van der Waals surface area contributed by atoms with Gasteiger partial charge in [-0.2, -0.15) is 0 Å². The Morgan fingerprint density at radius 3 is 2.39 bits per heavy atom. The zero-order chi connectivity index (χ0) is 17.0. The van der Waals surface area contributed by atoms with Crippen molar-refractivity contribution in [1.29, 1.82) is 0 Å². The number of amides is 1. The Morgan fingerprint density at radius 2 is 1.83 bits per heavy atom. The third-order valence-corrected chi connectivity index (χ3v) is 3.20. The molecule has 2 aromatic carbocycles. The minimum absolute atomic E-state index is 0.153. The number of carbonyl (C=O) groups excluding carboxylic acids is 1. The maximum absolute atomic E-state index is 12.3. The first kappa shape index (κ1) is 16.5. The molecule has 2 aromatic rings. The van der Waals surface area contributed by atoms with Gasteiger partial charge in [-0.25, -0.2) is 0 Å². The molecule has 0 atom stereocenters. The van der Waals surface area contributed by atoms with Crippen LogP contribution >= 0.6 is 0 Å². The van der Waals surface area contributed by atoms with E-state index in [0.717, 1.165) is 11.1 Å². The molecule has 0 aliphatic heterocycles. The molecule has 0 fully saturated rings. The first-order chi connectivity index (χ1) is 10.9. The zero-order valence-corrected chi connectivity index (χ0v) is 13.3. The van der Waals surface area contributed by atoms with Crippen molar-refractivity contribution < 1.29 is 14.5 Å². The monoisotopic (exact) mass is 314 g/mol. The predicted molar refractivity (Wildman–Crippen MR) is 88.1 cm³/mol. The molecular formula is C17H18N2O4. The van der Waals surface area contributed by atoms with E-state index in [1.54, 1.807) is 6.92 Å². The fourth-order valence-corrected chi connectivity index (χ4v) is 2.33. The normalized spacial score (nSPS) is 10.2. The van der Waals surface area contributed by atoms with Gasteiger partial charge in [0.25, 0.3) is 5.91 Å². The van der Waals surface area contributed by atoms with Gasteiger partial charge in [-0.3, -0.25) is 14.9 Å². The van der Waals surface area contributed by atoms with Crippen molar-refractivity contribution in [2.45, 2.75) is 20.8 Å². The van der Waals surface area contributed by atoms with E-state index < -0.39 is 10.8 Å². The number of ether oxygens (including phenoxy) is 1. The minimum atomic E-state index is -0.557. The van der Waals surface area contributed by atoms with Gasteiger partial charge in [0.15, 0.2) is 5.75 Å². The number of nitro benzene ring substituents is 1. The number of aryl methyl sites for hydroxylation is 2. The fourth-order valence-electron chi connectivity index (χ4n) is 2.33. The van der Waals surface area contributed by atoms with Crippen LogP contribution in [0.4, 0.5) is 11.4 Å². The summed E-state index contributed by atoms with van der Waals surface area (Å²) < 4.78 is 5.21. The summed E-state index contributed by atoms with van der Waals surface area (Å²) in [5, 5.41) is 13.9. The average Bonchev–Trinajstić information content (AvgIpc) is 2.46. The lowest BCUT2D eigenvalue weighted by molar-refractivity contribution is -0.385. The third-order valence-electron chi connectivity index (χ3n) is 3.20. The molecule has 0 unspecified atom stereocenters. The van der Waals surface area contributed by atoms with Crippen LogP contribution in [-0.2, 0) is 0 Å². The number of hydrogen-bond donors (Lipinski definition) is 1. The standard InChI is InChI=1S/C17H18N2O4/c1-4-23-16-6-5-13(10-15(16)19(21)22)17(20)18-14-8-11(2)7-12(3)9-14/h5-10H,4H2,1-3H3,(H,18,20). The number of anilines is 1. The van der Waals surface area contributed by atoms with E-state index in [4.69, 9.17) is 4.74 Å². The van der Waals surface area contributed by atoms with E-state index in [9.17, 15) is 14.9 Å². The van der Waals surface area contributed by atoms with E-state index in [1.165, 1.54) is 18.2 Å². The summed E-state index contributed by atoms with van der Waals surface area (Å²) in [5.74, 6) is -0.249. The largest absolute Gasteiger partial charge is 0.487 e. The zero-order valence-electron chi connectivity index (χ0n) is 13.3. The maximum Gasteiger partial charge on any atom is 0.311 e. The lowest BCUT2D eigenvalue weighted by Gasteiger charge is -2.09. The van der Waals surface area contributed by atoms with Crippen LogP contribution in [0.2, 0.25) is 0 Å². The van der Waals surface area contributed by atoms with Crippen LogP contribution < -0.4 is 10.1 Å². The molecule has 23 heavy (non-hydrogen) atoms. The first-order valence-electron chi connectivity index (χ1n) is 7.21. The molecule has 0 saturated heterocycles. The molecule has 0 spiro atoms. The number of rotatable bonds is 5. The quantitative estimate of drug-likeness (QED) is 0.671. The number of hydrogen-bond acceptors (Lipinski definition) is 4. The molecule has 1 amide bonds. The van der Waals surface area contributed by atoms with E-state index in [0.29, 0.717) is 12.3 Å². The smallest absolute Gasteiger partial charge is 0.311 e. The fraction of sp³-hybridized carbons (Fsp3) is 0.235. The molecular weight excluding hydrogens is 296 g/mol. The molecule has 120 valence electrons. The Morgan fingerprint density at radius 1 is 1.17 bits per heavy atom. The van der Waals surface area contributed by atoms with Gasteiger partial charge in [-0.1, -0.05) is 6.07 Å². The Labute approximate surface area is 134 Å². The van der Waals surface area contributed by atoms with Gasteiger partial charge in [0.2, 0.25) is 0 Å². The highest BCUT2D eigenvalue weighted by atomic mass is 16.6. The van der Waals surface area contributed by atoms with Gasteiger partial charge in [0.1, 0.15) is 0 Å². The molecule has 0 bridgehead atoms. The summed E-state index contributed by atoms with van der Waals surface area (Å²) in [6.45, 7) is 5.92. The molecule has 0 aliphatic carbocycles. The number of nitro groups is 1. The predicted octanol–water partition coefficient (Wildman–Crippen LogP) is 3.86. The van der Waals surface area contributed by atoms with Gasteiger partial charge in [-0.05, 0) is 56.2 Å². The molecule has 2 rings (SSSR count). The Balaban J connectivity index is 2.28. The van der Waals surface area contributed by atoms with Crippen LogP contribution in [0.25, 0.3) is 0 Å². The lowest BCUT2D eigenvalue weighted by atomic mass is 10.1. The van der Waals surface area contributed by atoms with Crippen LogP contribution in [0.5, 0.6) is 5.75 Å². The second-order valence-corrected chi connectivity index (χ2v) is 5.20. The van der Waals surface area contributed by atoms with E-state index >= 15 is 0 Å². The van der Waals surface area contributed by atoms with Crippen molar-refractivity contribution in [3.63, 3.8) is 0 Å². The highest BCUT2D eigenvalue weighted by Gasteiger charge is 2.18. The highest BCUT2D eigenvalue weighted by molar-refractivity contribution is 6.04. The molecule has 1 N–H and O–H groups in total. The second kappa shape index (κ2) is 6.91. The first-order valence-corrected chi connectivity index (χ1v) is 7.21. The van der Waals surface area contributed by atoms with Gasteiger partial charge in [0, 0.05) is 17.3 Å². The molecule has 0 radical (unpaired) electrons. The summed E-state index contributed by atoms with van der Waals surface area (Å²) in [5.41, 5.74) is 2.69. The number of nitrogens with one attached hydrogen (secondary N) is 1. The Bertz CT molecular complexity index is 736. The van der Waals surface area contributed by atoms with Crippen molar-refractivity contribution in [2.24, 2.45) is 0 Å². The van der Waals surface area contributed by atoms with Gasteiger partial charge >= 0.3 is 5.69 Å².